The molecule has 3 heteroatoms. The van der Waals surface area contributed by atoms with Crippen molar-refractivity contribution in [2.24, 2.45) is 5.73 Å². The highest BCUT2D eigenvalue weighted by Crippen LogP contribution is 1.82. The van der Waals surface area contributed by atoms with Gasteiger partial charge in [0.05, 0.1) is 19.3 Å². The molecule has 0 aliphatic carbocycles. The van der Waals surface area contributed by atoms with Crippen molar-refractivity contribution < 1.29 is 9.84 Å². The van der Waals surface area contributed by atoms with Crippen molar-refractivity contribution in [2.45, 2.75) is 19.4 Å². The zero-order valence-corrected chi connectivity index (χ0v) is 5.84. The highest BCUT2D eigenvalue weighted by atomic mass is 16.5. The molecule has 0 aromatic heterocycles. The third kappa shape index (κ3) is 5.76. The van der Waals surface area contributed by atoms with Gasteiger partial charge in [-0.15, -0.1) is 0 Å². The Balaban J connectivity index is 2.88. The van der Waals surface area contributed by atoms with E-state index in [1.54, 1.807) is 0 Å². The normalized spacial score (nSPS) is 13.7. The molecule has 3 N–H and O–H groups in total. The van der Waals surface area contributed by atoms with E-state index in [0.29, 0.717) is 6.61 Å². The molecule has 0 rings (SSSR count). The van der Waals surface area contributed by atoms with Gasteiger partial charge in [-0.3, -0.25) is 0 Å². The summed E-state index contributed by atoms with van der Waals surface area (Å²) in [5, 5.41) is 8.43. The fraction of sp³-hybridized carbons (Fsp3) is 1.00. The molecule has 0 saturated heterocycles. The molecule has 0 amide bonds. The highest BCUT2D eigenvalue weighted by Gasteiger charge is 1.97. The Bertz CT molecular complexity index is 59.0. The number of hydrogen-bond acceptors (Lipinski definition) is 3. The van der Waals surface area contributed by atoms with Gasteiger partial charge in [0, 0.05) is 6.61 Å². The standard InChI is InChI=1S/C6H15NO2/c1-2-3-9-5-6(7)4-8/h6,8H,2-5,7H2,1H3. The summed E-state index contributed by atoms with van der Waals surface area (Å²) in [7, 11) is 0. The summed E-state index contributed by atoms with van der Waals surface area (Å²) < 4.78 is 5.05. The first-order valence-electron chi connectivity index (χ1n) is 3.25. The van der Waals surface area contributed by atoms with Crippen molar-refractivity contribution in [3.63, 3.8) is 0 Å². The SMILES string of the molecule is CCCOCC(N)CO. The molecule has 0 aliphatic heterocycles. The number of aliphatic hydroxyl groups excluding tert-OH is 1. The van der Waals surface area contributed by atoms with E-state index >= 15 is 0 Å². The molecule has 0 aromatic carbocycles. The molecular formula is C6H15NO2. The Hall–Kier alpha value is -0.120. The maximum atomic E-state index is 8.43. The predicted molar refractivity (Wildman–Crippen MR) is 36.2 cm³/mol. The lowest BCUT2D eigenvalue weighted by molar-refractivity contribution is 0.102. The zero-order chi connectivity index (χ0) is 7.11. The summed E-state index contributed by atoms with van der Waals surface area (Å²) in [4.78, 5) is 0. The molecule has 0 radical (unpaired) electrons. The quantitative estimate of drug-likeness (QED) is 0.508. The van der Waals surface area contributed by atoms with E-state index in [1.807, 2.05) is 6.92 Å². The summed E-state index contributed by atoms with van der Waals surface area (Å²) in [6.07, 6.45) is 0.998. The minimum absolute atomic E-state index is 0.00368. The first-order valence-corrected chi connectivity index (χ1v) is 3.25. The number of aliphatic hydroxyl groups is 1. The van der Waals surface area contributed by atoms with E-state index in [2.05, 4.69) is 0 Å². The monoisotopic (exact) mass is 133 g/mol. The summed E-state index contributed by atoms with van der Waals surface area (Å²) >= 11 is 0. The van der Waals surface area contributed by atoms with Crippen LogP contribution in [0.5, 0.6) is 0 Å². The van der Waals surface area contributed by atoms with Gasteiger partial charge in [-0.05, 0) is 6.42 Å². The van der Waals surface area contributed by atoms with Gasteiger partial charge in [-0.25, -0.2) is 0 Å². The van der Waals surface area contributed by atoms with Gasteiger partial charge in [0.1, 0.15) is 0 Å². The number of hydrogen-bond donors (Lipinski definition) is 2. The molecule has 1 atom stereocenters. The summed E-state index contributed by atoms with van der Waals surface area (Å²) in [6.45, 7) is 3.23. The second-order valence-corrected chi connectivity index (χ2v) is 2.02. The van der Waals surface area contributed by atoms with Crippen LogP contribution in [0.25, 0.3) is 0 Å². The first kappa shape index (κ1) is 8.88. The molecule has 1 unspecified atom stereocenters. The van der Waals surface area contributed by atoms with Crippen LogP contribution in [0.1, 0.15) is 13.3 Å². The molecule has 56 valence electrons. The number of rotatable bonds is 5. The van der Waals surface area contributed by atoms with E-state index in [0.717, 1.165) is 13.0 Å². The van der Waals surface area contributed by atoms with Crippen molar-refractivity contribution in [3.05, 3.63) is 0 Å². The van der Waals surface area contributed by atoms with Crippen LogP contribution in [-0.2, 0) is 4.74 Å². The van der Waals surface area contributed by atoms with E-state index in [-0.39, 0.29) is 12.6 Å². The van der Waals surface area contributed by atoms with E-state index < -0.39 is 0 Å². The Morgan fingerprint density at radius 2 is 2.33 bits per heavy atom. The molecule has 9 heavy (non-hydrogen) atoms. The van der Waals surface area contributed by atoms with Crippen LogP contribution in [0.3, 0.4) is 0 Å². The molecular weight excluding hydrogens is 118 g/mol. The predicted octanol–water partition coefficient (Wildman–Crippen LogP) is -0.267. The topological polar surface area (TPSA) is 55.5 Å². The third-order valence-corrected chi connectivity index (χ3v) is 0.915. The number of nitrogens with two attached hydrogens (primary N) is 1. The molecule has 0 heterocycles. The van der Waals surface area contributed by atoms with E-state index in [9.17, 15) is 0 Å². The van der Waals surface area contributed by atoms with Crippen LogP contribution >= 0.6 is 0 Å². The minimum Gasteiger partial charge on any atom is -0.395 e. The van der Waals surface area contributed by atoms with E-state index in [1.165, 1.54) is 0 Å². The lowest BCUT2D eigenvalue weighted by Gasteiger charge is -2.06. The van der Waals surface area contributed by atoms with Gasteiger partial charge in [-0.2, -0.15) is 0 Å². The average molecular weight is 133 g/mol. The van der Waals surface area contributed by atoms with Crippen molar-refractivity contribution >= 4 is 0 Å². The average Bonchev–Trinajstić information content (AvgIpc) is 1.89. The zero-order valence-electron chi connectivity index (χ0n) is 5.84. The van der Waals surface area contributed by atoms with Crippen molar-refractivity contribution in [1.29, 1.82) is 0 Å². The largest absolute Gasteiger partial charge is 0.395 e. The summed E-state index contributed by atoms with van der Waals surface area (Å²) in [6, 6.07) is -0.212. The molecule has 0 fully saturated rings. The second-order valence-electron chi connectivity index (χ2n) is 2.02. The van der Waals surface area contributed by atoms with Gasteiger partial charge in [0.25, 0.3) is 0 Å². The van der Waals surface area contributed by atoms with Gasteiger partial charge in [0.2, 0.25) is 0 Å². The summed E-state index contributed by atoms with van der Waals surface area (Å²) in [5.74, 6) is 0. The summed E-state index contributed by atoms with van der Waals surface area (Å²) in [5.41, 5.74) is 5.34. The number of ether oxygens (including phenoxy) is 1. The molecule has 0 bridgehead atoms. The van der Waals surface area contributed by atoms with Gasteiger partial charge >= 0.3 is 0 Å². The fourth-order valence-corrected chi connectivity index (χ4v) is 0.432. The Morgan fingerprint density at radius 1 is 1.67 bits per heavy atom. The van der Waals surface area contributed by atoms with Crippen molar-refractivity contribution in [2.75, 3.05) is 19.8 Å². The van der Waals surface area contributed by atoms with E-state index in [4.69, 9.17) is 15.6 Å². The third-order valence-electron chi connectivity index (χ3n) is 0.915. The smallest absolute Gasteiger partial charge is 0.0639 e. The first-order chi connectivity index (χ1) is 4.31. The van der Waals surface area contributed by atoms with Crippen LogP contribution in [0.2, 0.25) is 0 Å². The van der Waals surface area contributed by atoms with Crippen LogP contribution in [0.4, 0.5) is 0 Å². The maximum absolute atomic E-state index is 8.43. The Labute approximate surface area is 55.8 Å². The molecule has 0 aromatic rings. The lowest BCUT2D eigenvalue weighted by Crippen LogP contribution is -2.30. The molecule has 3 nitrogen and oxygen atoms in total. The van der Waals surface area contributed by atoms with Crippen LogP contribution in [0, 0.1) is 0 Å². The van der Waals surface area contributed by atoms with Crippen LogP contribution in [-0.4, -0.2) is 31.0 Å². The Kier molecular flexibility index (Phi) is 5.93. The van der Waals surface area contributed by atoms with Crippen LogP contribution in [0.15, 0.2) is 0 Å². The molecule has 0 saturated carbocycles. The van der Waals surface area contributed by atoms with Gasteiger partial charge in [0.15, 0.2) is 0 Å². The van der Waals surface area contributed by atoms with Crippen LogP contribution < -0.4 is 5.73 Å². The molecule has 0 aliphatic rings. The molecule has 0 spiro atoms. The van der Waals surface area contributed by atoms with Crippen molar-refractivity contribution in [3.8, 4) is 0 Å². The van der Waals surface area contributed by atoms with Crippen molar-refractivity contribution in [1.82, 2.24) is 0 Å². The lowest BCUT2D eigenvalue weighted by atomic mass is 10.4. The maximum Gasteiger partial charge on any atom is 0.0639 e. The fourth-order valence-electron chi connectivity index (χ4n) is 0.432. The van der Waals surface area contributed by atoms with Gasteiger partial charge < -0.3 is 15.6 Å². The second kappa shape index (κ2) is 6.01. The Morgan fingerprint density at radius 3 is 2.78 bits per heavy atom. The minimum atomic E-state index is -0.212. The van der Waals surface area contributed by atoms with Gasteiger partial charge in [-0.1, -0.05) is 6.92 Å². The highest BCUT2D eigenvalue weighted by molar-refractivity contribution is 4.54.